The minimum absolute atomic E-state index is 0.0440. The molecule has 2 fully saturated rings. The van der Waals surface area contributed by atoms with Crippen LogP contribution >= 0.6 is 0 Å². The average Bonchev–Trinajstić information content (AvgIpc) is 4.18. The number of nitrogens with zero attached hydrogens (tertiary/aromatic N) is 4. The molecule has 2 aliphatic heterocycles. The molecule has 0 bridgehead atoms. The largest absolute Gasteiger partial charge is 0.493 e. The van der Waals surface area contributed by atoms with Crippen LogP contribution in [0.2, 0.25) is 0 Å². The molecule has 8 rings (SSSR count). The van der Waals surface area contributed by atoms with Crippen LogP contribution in [0.3, 0.4) is 0 Å². The Morgan fingerprint density at radius 2 is 1.20 bits per heavy atom. The molecule has 1 N–H and O–H groups in total. The summed E-state index contributed by atoms with van der Waals surface area (Å²) in [5.41, 5.74) is 9.57. The molecule has 12 nitrogen and oxygen atoms in total. The van der Waals surface area contributed by atoms with Gasteiger partial charge in [-0.1, -0.05) is 48.6 Å². The maximum atomic E-state index is 12.8. The maximum Gasteiger partial charge on any atom is 0.359 e. The quantitative estimate of drug-likeness (QED) is 0.115. The van der Waals surface area contributed by atoms with E-state index in [0.29, 0.717) is 81.4 Å². The fourth-order valence-corrected chi connectivity index (χ4v) is 7.36. The molecule has 0 saturated heterocycles. The van der Waals surface area contributed by atoms with E-state index >= 15 is 0 Å². The van der Waals surface area contributed by atoms with E-state index < -0.39 is 11.9 Å². The molecule has 59 heavy (non-hydrogen) atoms. The van der Waals surface area contributed by atoms with Crippen molar-refractivity contribution in [2.75, 3.05) is 39.6 Å². The Kier molecular flexibility index (Phi) is 13.8. The number of aromatic nitrogens is 4. The number of esters is 1. The highest BCUT2D eigenvalue weighted by Gasteiger charge is 2.30. The van der Waals surface area contributed by atoms with Crippen LogP contribution in [0.1, 0.15) is 144 Å². The topological polar surface area (TPSA) is 152 Å². The van der Waals surface area contributed by atoms with Gasteiger partial charge in [-0.05, 0) is 77.4 Å². The molecule has 2 aliphatic carbocycles. The predicted octanol–water partition coefficient (Wildman–Crippen LogP) is 8.56. The SMILES string of the molecule is CCOc1c(Cc2ncc(C3CC3)nc2C(=O)O)cccc1C1=CCOCC1.CCOc1c(Cc2ncc(C3CC3)nc2C(=O)OC(C)C)cccc1C1=CCOCC1. The van der Waals surface area contributed by atoms with E-state index in [4.69, 9.17) is 23.7 Å². The van der Waals surface area contributed by atoms with Crippen molar-refractivity contribution < 1.29 is 38.4 Å². The Morgan fingerprint density at radius 1 is 0.729 bits per heavy atom. The summed E-state index contributed by atoms with van der Waals surface area (Å²) in [5.74, 6) is 0.960. The van der Waals surface area contributed by atoms with Crippen LogP contribution in [0, 0.1) is 0 Å². The maximum absolute atomic E-state index is 12.8. The van der Waals surface area contributed by atoms with Crippen LogP contribution in [0.25, 0.3) is 11.1 Å². The highest BCUT2D eigenvalue weighted by molar-refractivity contribution is 5.89. The van der Waals surface area contributed by atoms with Gasteiger partial charge in [-0.15, -0.1) is 0 Å². The van der Waals surface area contributed by atoms with Crippen molar-refractivity contribution in [3.05, 3.63) is 117 Å². The molecule has 4 aliphatic rings. The van der Waals surface area contributed by atoms with E-state index in [9.17, 15) is 14.7 Å². The van der Waals surface area contributed by atoms with Gasteiger partial charge in [0.1, 0.15) is 11.5 Å². The van der Waals surface area contributed by atoms with Gasteiger partial charge in [-0.25, -0.2) is 19.6 Å². The van der Waals surface area contributed by atoms with Gasteiger partial charge in [0.05, 0.1) is 68.5 Å². The summed E-state index contributed by atoms with van der Waals surface area (Å²) in [6.45, 7) is 11.3. The van der Waals surface area contributed by atoms with Crippen LogP contribution < -0.4 is 9.47 Å². The Labute approximate surface area is 346 Å². The fraction of sp³-hybridized carbons (Fsp3) is 0.447. The normalized spacial score (nSPS) is 16.4. The monoisotopic (exact) mass is 802 g/mol. The first kappa shape index (κ1) is 41.7. The third kappa shape index (κ3) is 10.6. The lowest BCUT2D eigenvalue weighted by atomic mass is 9.96. The van der Waals surface area contributed by atoms with E-state index in [1.54, 1.807) is 6.20 Å². The van der Waals surface area contributed by atoms with Gasteiger partial charge in [0, 0.05) is 59.3 Å². The Hall–Kier alpha value is -5.46. The Morgan fingerprint density at radius 3 is 1.61 bits per heavy atom. The number of para-hydroxylation sites is 2. The summed E-state index contributed by atoms with van der Waals surface area (Å²) < 4.78 is 28.4. The highest BCUT2D eigenvalue weighted by atomic mass is 16.5. The van der Waals surface area contributed by atoms with Crippen molar-refractivity contribution in [3.63, 3.8) is 0 Å². The summed E-state index contributed by atoms with van der Waals surface area (Å²) in [5, 5.41) is 9.64. The molecule has 0 unspecified atom stereocenters. The van der Waals surface area contributed by atoms with Gasteiger partial charge in [0.2, 0.25) is 0 Å². The summed E-state index contributed by atoms with van der Waals surface area (Å²) in [6.07, 6.45) is 14.3. The van der Waals surface area contributed by atoms with Crippen molar-refractivity contribution in [3.8, 4) is 11.5 Å². The molecule has 12 heteroatoms. The lowest BCUT2D eigenvalue weighted by molar-refractivity contribution is 0.0368. The number of carboxylic acids is 1. The van der Waals surface area contributed by atoms with Gasteiger partial charge in [0.25, 0.3) is 0 Å². The molecular weight excluding hydrogens is 749 g/mol. The molecule has 2 aromatic carbocycles. The molecule has 4 heterocycles. The Bertz CT molecular complexity index is 2210. The summed E-state index contributed by atoms with van der Waals surface area (Å²) >= 11 is 0. The van der Waals surface area contributed by atoms with Crippen LogP contribution in [0.5, 0.6) is 11.5 Å². The third-order valence-electron chi connectivity index (χ3n) is 10.6. The van der Waals surface area contributed by atoms with Gasteiger partial charge < -0.3 is 28.8 Å². The average molecular weight is 803 g/mol. The molecule has 310 valence electrons. The van der Waals surface area contributed by atoms with Crippen LogP contribution in [0.15, 0.2) is 60.9 Å². The zero-order chi connectivity index (χ0) is 41.3. The van der Waals surface area contributed by atoms with Crippen molar-refractivity contribution in [1.29, 1.82) is 0 Å². The third-order valence-corrected chi connectivity index (χ3v) is 10.6. The second-order valence-corrected chi connectivity index (χ2v) is 15.4. The molecule has 0 amide bonds. The minimum Gasteiger partial charge on any atom is -0.493 e. The van der Waals surface area contributed by atoms with Gasteiger partial charge in [-0.2, -0.15) is 0 Å². The molecule has 0 spiro atoms. The number of ether oxygens (including phenoxy) is 5. The summed E-state index contributed by atoms with van der Waals surface area (Å²) in [7, 11) is 0. The van der Waals surface area contributed by atoms with Gasteiger partial charge >= 0.3 is 11.9 Å². The number of aromatic carboxylic acids is 1. The molecule has 0 atom stereocenters. The lowest BCUT2D eigenvalue weighted by Gasteiger charge is -2.20. The summed E-state index contributed by atoms with van der Waals surface area (Å²) in [4.78, 5) is 42.8. The number of carboxylic acid groups (broad SMARTS) is 1. The number of carbonyl (C=O) groups excluding carboxylic acids is 1. The molecule has 0 radical (unpaired) electrons. The predicted molar refractivity (Wildman–Crippen MR) is 223 cm³/mol. The number of hydrogen-bond acceptors (Lipinski definition) is 11. The highest BCUT2D eigenvalue weighted by Crippen LogP contribution is 2.41. The first-order chi connectivity index (χ1) is 28.7. The van der Waals surface area contributed by atoms with Crippen molar-refractivity contribution in [1.82, 2.24) is 19.9 Å². The van der Waals surface area contributed by atoms with Crippen LogP contribution in [-0.4, -0.2) is 82.7 Å². The zero-order valence-corrected chi connectivity index (χ0v) is 34.5. The number of benzene rings is 2. The van der Waals surface area contributed by atoms with Gasteiger partial charge in [0.15, 0.2) is 11.4 Å². The van der Waals surface area contributed by atoms with E-state index in [1.165, 1.54) is 11.1 Å². The molecule has 2 saturated carbocycles. The number of hydrogen-bond donors (Lipinski definition) is 1. The molecule has 4 aromatic rings. The number of carbonyl (C=O) groups is 2. The summed E-state index contributed by atoms with van der Waals surface area (Å²) in [6, 6.07) is 12.1. The zero-order valence-electron chi connectivity index (χ0n) is 34.5. The standard InChI is InChI=1S/C25H30N2O4.C22H24N2O4/c1-4-30-24-19(6-5-7-20(24)17-10-12-29-13-11-17)14-21-23(25(28)31-16(2)3)27-22(15-26-21)18-8-9-18;1-2-28-21-16(4-3-5-17(21)14-8-10-27-11-9-14)12-18-20(22(25)26)24-19(13-23-18)15-6-7-15/h5-7,10,15-16,18H,4,8-9,11-14H2,1-3H3;3-5,8,13,15H,2,6-7,9-12H2,1H3,(H,25,26). The number of rotatable bonds is 15. The lowest BCUT2D eigenvalue weighted by Crippen LogP contribution is -2.17. The van der Waals surface area contributed by atoms with E-state index in [2.05, 4.69) is 38.2 Å². The fourth-order valence-electron chi connectivity index (χ4n) is 7.36. The van der Waals surface area contributed by atoms with Crippen LogP contribution in [0.4, 0.5) is 0 Å². The molecular formula is C47H54N4O8. The first-order valence-electron chi connectivity index (χ1n) is 20.9. The van der Waals surface area contributed by atoms with E-state index in [0.717, 1.165) is 83.7 Å². The van der Waals surface area contributed by atoms with Gasteiger partial charge in [-0.3, -0.25) is 9.97 Å². The van der Waals surface area contributed by atoms with Crippen molar-refractivity contribution >= 4 is 23.1 Å². The second-order valence-electron chi connectivity index (χ2n) is 15.4. The first-order valence-corrected chi connectivity index (χ1v) is 20.9. The second kappa shape index (κ2) is 19.5. The molecule has 2 aromatic heterocycles. The van der Waals surface area contributed by atoms with E-state index in [1.807, 2.05) is 64.2 Å². The van der Waals surface area contributed by atoms with Crippen molar-refractivity contribution in [2.24, 2.45) is 0 Å². The Balaban J connectivity index is 0.000000180. The smallest absolute Gasteiger partial charge is 0.359 e. The minimum atomic E-state index is -1.04. The van der Waals surface area contributed by atoms with Crippen LogP contribution in [-0.2, 0) is 27.1 Å². The van der Waals surface area contributed by atoms with Crippen molar-refractivity contribution in [2.45, 2.75) is 97.0 Å². The van der Waals surface area contributed by atoms with E-state index in [-0.39, 0.29) is 11.8 Å².